The fourth-order valence-electron chi connectivity index (χ4n) is 3.43. The van der Waals surface area contributed by atoms with Gasteiger partial charge in [0, 0.05) is 24.4 Å². The van der Waals surface area contributed by atoms with Gasteiger partial charge in [-0.2, -0.15) is 4.31 Å². The van der Waals surface area contributed by atoms with Gasteiger partial charge < -0.3 is 5.32 Å². The van der Waals surface area contributed by atoms with E-state index in [0.717, 1.165) is 26.9 Å². The van der Waals surface area contributed by atoms with E-state index in [-0.39, 0.29) is 18.1 Å². The van der Waals surface area contributed by atoms with Crippen LogP contribution in [0.5, 0.6) is 0 Å². The molecule has 2 aromatic carbocycles. The van der Waals surface area contributed by atoms with Gasteiger partial charge in [-0.05, 0) is 23.3 Å². The molecule has 1 amide bonds. The topological polar surface area (TPSA) is 79.4 Å². The largest absolute Gasteiger partial charge is 0.302 e. The van der Waals surface area contributed by atoms with Gasteiger partial charge in [0.25, 0.3) is 0 Å². The zero-order valence-electron chi connectivity index (χ0n) is 15.5. The highest BCUT2D eigenvalue weighted by atomic mass is 32.2. The molecule has 0 atom stereocenters. The SMILES string of the molecule is CCS(=O)(=O)N1CCc2nc(NC(=O)Cc3cccc4ccccc34)sc2C1. The highest BCUT2D eigenvalue weighted by molar-refractivity contribution is 7.89. The predicted molar refractivity (Wildman–Crippen MR) is 112 cm³/mol. The van der Waals surface area contributed by atoms with Gasteiger partial charge in [0.15, 0.2) is 5.13 Å². The number of sulfonamides is 1. The highest BCUT2D eigenvalue weighted by Gasteiger charge is 2.28. The summed E-state index contributed by atoms with van der Waals surface area (Å²) >= 11 is 1.36. The Kier molecular flexibility index (Phi) is 5.18. The molecule has 0 saturated heterocycles. The number of fused-ring (bicyclic) bond motifs is 2. The second-order valence-corrected chi connectivity index (χ2v) is 10.1. The molecule has 28 heavy (non-hydrogen) atoms. The Hall–Kier alpha value is -2.29. The van der Waals surface area contributed by atoms with Crippen LogP contribution in [0.25, 0.3) is 10.8 Å². The molecule has 2 heterocycles. The van der Waals surface area contributed by atoms with Crippen LogP contribution in [0.3, 0.4) is 0 Å². The van der Waals surface area contributed by atoms with E-state index >= 15 is 0 Å². The molecule has 0 spiro atoms. The maximum Gasteiger partial charge on any atom is 0.230 e. The van der Waals surface area contributed by atoms with Gasteiger partial charge in [-0.3, -0.25) is 4.79 Å². The summed E-state index contributed by atoms with van der Waals surface area (Å²) in [6.07, 6.45) is 0.839. The number of benzene rings is 2. The third-order valence-corrected chi connectivity index (χ3v) is 7.76. The number of thiazole rings is 1. The second-order valence-electron chi connectivity index (χ2n) is 6.74. The molecule has 0 unspecified atom stereocenters. The molecule has 0 bridgehead atoms. The van der Waals surface area contributed by atoms with Gasteiger partial charge in [0.2, 0.25) is 15.9 Å². The van der Waals surface area contributed by atoms with Crippen molar-refractivity contribution in [3.63, 3.8) is 0 Å². The summed E-state index contributed by atoms with van der Waals surface area (Å²) in [7, 11) is -3.21. The zero-order chi connectivity index (χ0) is 19.7. The number of anilines is 1. The number of aromatic nitrogens is 1. The van der Waals surface area contributed by atoms with Gasteiger partial charge in [0.1, 0.15) is 0 Å². The molecule has 0 saturated carbocycles. The number of carbonyl (C=O) groups excluding carboxylic acids is 1. The highest BCUT2D eigenvalue weighted by Crippen LogP contribution is 2.30. The lowest BCUT2D eigenvalue weighted by Crippen LogP contribution is -2.36. The first-order chi connectivity index (χ1) is 13.5. The van der Waals surface area contributed by atoms with Crippen LogP contribution < -0.4 is 5.32 Å². The molecule has 1 N–H and O–H groups in total. The molecule has 0 aliphatic carbocycles. The van der Waals surface area contributed by atoms with Crippen molar-refractivity contribution in [2.75, 3.05) is 17.6 Å². The van der Waals surface area contributed by atoms with Crippen LogP contribution in [0, 0.1) is 0 Å². The Bertz CT molecular complexity index is 1130. The summed E-state index contributed by atoms with van der Waals surface area (Å²) in [5.41, 5.74) is 1.85. The Labute approximate surface area is 168 Å². The fraction of sp³-hybridized carbons (Fsp3) is 0.300. The average molecular weight is 416 g/mol. The lowest BCUT2D eigenvalue weighted by Gasteiger charge is -2.24. The monoisotopic (exact) mass is 415 g/mol. The third kappa shape index (κ3) is 3.80. The number of nitrogens with zero attached hydrogens (tertiary/aromatic N) is 2. The van der Waals surface area contributed by atoms with Gasteiger partial charge in [0.05, 0.1) is 17.9 Å². The van der Waals surface area contributed by atoms with Gasteiger partial charge >= 0.3 is 0 Å². The van der Waals surface area contributed by atoms with Crippen molar-refractivity contribution in [2.45, 2.75) is 26.3 Å². The Morgan fingerprint density at radius 2 is 2.00 bits per heavy atom. The second kappa shape index (κ2) is 7.62. The maximum absolute atomic E-state index is 12.6. The Morgan fingerprint density at radius 3 is 2.82 bits per heavy atom. The summed E-state index contributed by atoms with van der Waals surface area (Å²) in [6.45, 7) is 2.43. The standard InChI is InChI=1S/C20H21N3O3S2/c1-2-28(25,26)23-11-10-17-18(13-23)27-20(21-17)22-19(24)12-15-8-5-7-14-6-3-4-9-16(14)15/h3-9H,2,10-13H2,1H3,(H,21,22,24). The van der Waals surface area contributed by atoms with Crippen LogP contribution >= 0.6 is 11.3 Å². The van der Waals surface area contributed by atoms with E-state index in [9.17, 15) is 13.2 Å². The van der Waals surface area contributed by atoms with Crippen LogP contribution in [0.1, 0.15) is 23.1 Å². The average Bonchev–Trinajstić information content (AvgIpc) is 3.09. The molecule has 8 heteroatoms. The van der Waals surface area contributed by atoms with Crippen molar-refractivity contribution in [3.8, 4) is 0 Å². The van der Waals surface area contributed by atoms with Crippen molar-refractivity contribution >= 4 is 43.2 Å². The predicted octanol–water partition coefficient (Wildman–Crippen LogP) is 3.19. The molecule has 1 aliphatic rings. The summed E-state index contributed by atoms with van der Waals surface area (Å²) in [5.74, 6) is -0.0315. The van der Waals surface area contributed by atoms with Crippen molar-refractivity contribution in [1.29, 1.82) is 0 Å². The van der Waals surface area contributed by atoms with Crippen LogP contribution in [0.15, 0.2) is 42.5 Å². The smallest absolute Gasteiger partial charge is 0.230 e. The van der Waals surface area contributed by atoms with Crippen molar-refractivity contribution in [2.24, 2.45) is 0 Å². The molecule has 4 rings (SSSR count). The summed E-state index contributed by atoms with van der Waals surface area (Å²) in [6, 6.07) is 13.9. The van der Waals surface area contributed by atoms with E-state index in [4.69, 9.17) is 0 Å². The van der Waals surface area contributed by atoms with Crippen LogP contribution in [0.2, 0.25) is 0 Å². The van der Waals surface area contributed by atoms with E-state index in [1.54, 1.807) is 6.92 Å². The minimum atomic E-state index is -3.21. The lowest BCUT2D eigenvalue weighted by atomic mass is 10.0. The number of amides is 1. The van der Waals surface area contributed by atoms with Gasteiger partial charge in [-0.1, -0.05) is 42.5 Å². The normalized spacial score (nSPS) is 14.8. The quantitative estimate of drug-likeness (QED) is 0.694. The molecular weight excluding hydrogens is 394 g/mol. The maximum atomic E-state index is 12.6. The Morgan fingerprint density at radius 1 is 1.21 bits per heavy atom. The number of carbonyl (C=O) groups is 1. The van der Waals surface area contributed by atoms with Crippen molar-refractivity contribution in [1.82, 2.24) is 9.29 Å². The molecule has 6 nitrogen and oxygen atoms in total. The molecule has 0 fully saturated rings. The number of rotatable bonds is 5. The first-order valence-electron chi connectivity index (χ1n) is 9.19. The first-order valence-corrected chi connectivity index (χ1v) is 11.6. The third-order valence-electron chi connectivity index (χ3n) is 4.93. The summed E-state index contributed by atoms with van der Waals surface area (Å²) < 4.78 is 25.7. The number of hydrogen-bond acceptors (Lipinski definition) is 5. The minimum absolute atomic E-state index is 0.0930. The number of hydrogen-bond donors (Lipinski definition) is 1. The van der Waals surface area contributed by atoms with Gasteiger partial charge in [-0.15, -0.1) is 11.3 Å². The molecule has 146 valence electrons. The number of nitrogens with one attached hydrogen (secondary N) is 1. The van der Waals surface area contributed by atoms with E-state index in [0.29, 0.717) is 24.6 Å². The lowest BCUT2D eigenvalue weighted by molar-refractivity contribution is -0.115. The minimum Gasteiger partial charge on any atom is -0.302 e. The summed E-state index contributed by atoms with van der Waals surface area (Å²) in [5, 5.41) is 5.59. The van der Waals surface area contributed by atoms with Crippen molar-refractivity contribution < 1.29 is 13.2 Å². The van der Waals surface area contributed by atoms with Crippen molar-refractivity contribution in [3.05, 3.63) is 58.6 Å². The van der Waals surface area contributed by atoms with E-state index in [1.807, 2.05) is 42.5 Å². The van der Waals surface area contributed by atoms with E-state index in [2.05, 4.69) is 10.3 Å². The molecule has 1 aromatic heterocycles. The summed E-state index contributed by atoms with van der Waals surface area (Å²) in [4.78, 5) is 18.0. The van der Waals surface area contributed by atoms with Gasteiger partial charge in [-0.25, -0.2) is 13.4 Å². The molecular formula is C20H21N3O3S2. The molecule has 1 aliphatic heterocycles. The zero-order valence-corrected chi connectivity index (χ0v) is 17.1. The van der Waals surface area contributed by atoms with E-state index in [1.165, 1.54) is 15.6 Å². The van der Waals surface area contributed by atoms with E-state index < -0.39 is 10.0 Å². The van der Waals surface area contributed by atoms with Crippen LogP contribution in [-0.4, -0.2) is 35.9 Å². The van der Waals surface area contributed by atoms with Crippen LogP contribution in [0.4, 0.5) is 5.13 Å². The fourth-order valence-corrected chi connectivity index (χ4v) is 5.61. The molecule has 0 radical (unpaired) electrons. The first kappa shape index (κ1) is 19.0. The van der Waals surface area contributed by atoms with Crippen LogP contribution in [-0.2, 0) is 34.2 Å². The molecule has 3 aromatic rings. The Balaban J connectivity index is 1.48.